The van der Waals surface area contributed by atoms with Crippen LogP contribution < -0.4 is 0 Å². The molecule has 0 saturated heterocycles. The number of hydrogen-bond acceptors (Lipinski definition) is 4. The Labute approximate surface area is 185 Å². The van der Waals surface area contributed by atoms with E-state index in [-0.39, 0.29) is 19.9 Å². The summed E-state index contributed by atoms with van der Waals surface area (Å²) in [6.07, 6.45) is 0. The molecular weight excluding hydrogens is 460 g/mol. The molecule has 1 aromatic rings. The molecule has 1 rings (SSSR count). The van der Waals surface area contributed by atoms with E-state index in [2.05, 4.69) is 45.6 Å². The Morgan fingerprint density at radius 3 is 1.76 bits per heavy atom. The zero-order chi connectivity index (χ0) is 23.3. The Bertz CT molecular complexity index is 985. The lowest BCUT2D eigenvalue weighted by Crippen LogP contribution is -2.55. The lowest BCUT2D eigenvalue weighted by molar-refractivity contribution is 0.537. The fourth-order valence-electron chi connectivity index (χ4n) is 2.21. The normalized spacial score (nSPS) is 16.6. The molecule has 0 N–H and O–H groups in total. The molecule has 0 aliphatic heterocycles. The SMILES string of the molecule is CN([Si](C)(C)C(C)(C)C)S(=O)(=O)c1cccc(S(=O)(Cl)=N[Si](C)(C)C(C)(C)C)c1. The summed E-state index contributed by atoms with van der Waals surface area (Å²) in [7, 11) is -3.57. The van der Waals surface area contributed by atoms with Gasteiger partial charge in [-0.25, -0.2) is 16.6 Å². The highest BCUT2D eigenvalue weighted by atomic mass is 35.7. The number of hydrogen-bond donors (Lipinski definition) is 0. The molecule has 5 nitrogen and oxygen atoms in total. The fraction of sp³-hybridized carbons (Fsp3) is 0.684. The second-order valence-electron chi connectivity index (χ2n) is 10.6. The maximum Gasteiger partial charge on any atom is 0.236 e. The van der Waals surface area contributed by atoms with Crippen LogP contribution in [0.5, 0.6) is 0 Å². The van der Waals surface area contributed by atoms with Crippen LogP contribution in [0.2, 0.25) is 36.3 Å². The number of nitrogens with zero attached hydrogens (tertiary/aromatic N) is 2. The first-order chi connectivity index (χ1) is 12.6. The maximum absolute atomic E-state index is 13.4. The third-order valence-corrected chi connectivity index (χ3v) is 23.9. The van der Waals surface area contributed by atoms with Crippen molar-refractivity contribution in [2.24, 2.45) is 4.03 Å². The third kappa shape index (κ3) is 5.54. The topological polar surface area (TPSA) is 66.8 Å². The molecule has 0 radical (unpaired) electrons. The van der Waals surface area contributed by atoms with Gasteiger partial charge in [-0.05, 0) is 48.4 Å². The van der Waals surface area contributed by atoms with Crippen LogP contribution in [-0.4, -0.2) is 40.1 Å². The highest BCUT2D eigenvalue weighted by molar-refractivity contribution is 8.16. The van der Waals surface area contributed by atoms with Gasteiger partial charge in [0.05, 0.1) is 9.79 Å². The van der Waals surface area contributed by atoms with E-state index in [4.69, 9.17) is 10.7 Å². The van der Waals surface area contributed by atoms with Crippen LogP contribution in [0.4, 0.5) is 0 Å². The maximum atomic E-state index is 13.4. The average Bonchev–Trinajstić information content (AvgIpc) is 2.51. The summed E-state index contributed by atoms with van der Waals surface area (Å²) in [6.45, 7) is 20.5. The molecule has 0 saturated carbocycles. The molecule has 1 unspecified atom stereocenters. The molecule has 0 heterocycles. The van der Waals surface area contributed by atoms with E-state index >= 15 is 0 Å². The molecular formula is C19H37ClN2O3S2Si2. The van der Waals surface area contributed by atoms with Crippen molar-refractivity contribution in [3.05, 3.63) is 24.3 Å². The summed E-state index contributed by atoms with van der Waals surface area (Å²) in [6, 6.07) is 6.13. The van der Waals surface area contributed by atoms with Gasteiger partial charge in [-0.3, -0.25) is 4.03 Å². The molecule has 0 aliphatic carbocycles. The van der Waals surface area contributed by atoms with E-state index in [1.807, 2.05) is 26.2 Å². The van der Waals surface area contributed by atoms with Gasteiger partial charge in [0.15, 0.2) is 17.2 Å². The van der Waals surface area contributed by atoms with Crippen molar-refractivity contribution in [2.75, 3.05) is 7.05 Å². The average molecular weight is 497 g/mol. The molecule has 0 fully saturated rings. The van der Waals surface area contributed by atoms with Crippen LogP contribution in [0, 0.1) is 0 Å². The summed E-state index contributed by atoms with van der Waals surface area (Å²) in [5, 5.41) is -0.277. The highest BCUT2D eigenvalue weighted by Gasteiger charge is 2.45. The smallest absolute Gasteiger partial charge is 0.236 e. The Morgan fingerprint density at radius 1 is 0.897 bits per heavy atom. The first kappa shape index (κ1) is 26.8. The van der Waals surface area contributed by atoms with Crippen molar-refractivity contribution in [3.63, 3.8) is 0 Å². The van der Waals surface area contributed by atoms with Gasteiger partial charge in [-0.1, -0.05) is 60.7 Å². The van der Waals surface area contributed by atoms with E-state index in [0.29, 0.717) is 0 Å². The molecule has 0 bridgehead atoms. The number of rotatable bonds is 5. The van der Waals surface area contributed by atoms with E-state index < -0.39 is 35.4 Å². The molecule has 0 spiro atoms. The van der Waals surface area contributed by atoms with E-state index in [0.717, 1.165) is 0 Å². The molecule has 29 heavy (non-hydrogen) atoms. The van der Waals surface area contributed by atoms with Crippen LogP contribution in [0.25, 0.3) is 0 Å². The van der Waals surface area contributed by atoms with E-state index in [1.165, 1.54) is 16.1 Å². The van der Waals surface area contributed by atoms with Crippen LogP contribution in [0.1, 0.15) is 41.5 Å². The summed E-state index contributed by atoms with van der Waals surface area (Å²) >= 11 is 0. The quantitative estimate of drug-likeness (QED) is 0.354. The molecule has 168 valence electrons. The lowest BCUT2D eigenvalue weighted by Gasteiger charge is -2.42. The summed E-state index contributed by atoms with van der Waals surface area (Å²) < 4.78 is 46.1. The van der Waals surface area contributed by atoms with Gasteiger partial charge in [0.1, 0.15) is 8.24 Å². The lowest BCUT2D eigenvalue weighted by atomic mass is 10.2. The number of sulfonamides is 1. The van der Waals surface area contributed by atoms with Crippen LogP contribution in [-0.2, 0) is 19.0 Å². The summed E-state index contributed by atoms with van der Waals surface area (Å²) in [5.41, 5.74) is 0. The second-order valence-corrected chi connectivity index (χ2v) is 26.2. The van der Waals surface area contributed by atoms with Crippen LogP contribution in [0.3, 0.4) is 0 Å². The molecule has 0 aromatic heterocycles. The Balaban J connectivity index is 3.57. The predicted octanol–water partition coefficient (Wildman–Crippen LogP) is 6.30. The molecule has 1 atom stereocenters. The van der Waals surface area contributed by atoms with Crippen molar-refractivity contribution < 1.29 is 12.6 Å². The molecule has 1 aromatic carbocycles. The first-order valence-corrected chi connectivity index (χ1v) is 19.3. The first-order valence-electron chi connectivity index (χ1n) is 9.64. The van der Waals surface area contributed by atoms with E-state index in [1.54, 1.807) is 19.2 Å². The number of halogens is 1. The second kappa shape index (κ2) is 8.05. The van der Waals surface area contributed by atoms with Crippen molar-refractivity contribution >= 4 is 46.1 Å². The molecule has 10 heteroatoms. The van der Waals surface area contributed by atoms with Crippen molar-refractivity contribution in [1.29, 1.82) is 0 Å². The van der Waals surface area contributed by atoms with Crippen molar-refractivity contribution in [1.82, 2.24) is 3.97 Å². The highest BCUT2D eigenvalue weighted by Crippen LogP contribution is 2.41. The van der Waals surface area contributed by atoms with Gasteiger partial charge >= 0.3 is 0 Å². The summed E-state index contributed by atoms with van der Waals surface area (Å²) in [5.74, 6) is 0. The number of benzene rings is 1. The van der Waals surface area contributed by atoms with E-state index in [9.17, 15) is 12.6 Å². The largest absolute Gasteiger partial charge is 0.261 e. The summed E-state index contributed by atoms with van der Waals surface area (Å²) in [4.78, 5) is 0.342. The predicted molar refractivity (Wildman–Crippen MR) is 130 cm³/mol. The van der Waals surface area contributed by atoms with Crippen LogP contribution in [0.15, 0.2) is 38.1 Å². The minimum absolute atomic E-state index is 0.0983. The standard InChI is InChI=1S/C19H37ClN2O3S2Si2/c1-18(2,3)28(8,9)21-26(20,23)16-13-12-14-17(15-16)27(24,25)22(7)29(10,11)19(4,5)6/h12-15H,1-11H3. The van der Waals surface area contributed by atoms with Gasteiger partial charge in [0.25, 0.3) is 0 Å². The Morgan fingerprint density at radius 2 is 1.34 bits per heavy atom. The van der Waals surface area contributed by atoms with Gasteiger partial charge in [-0.15, -0.1) is 0 Å². The zero-order valence-electron chi connectivity index (χ0n) is 19.6. The van der Waals surface area contributed by atoms with Gasteiger partial charge in [0.2, 0.25) is 10.0 Å². The fourth-order valence-corrected chi connectivity index (χ4v) is 13.8. The van der Waals surface area contributed by atoms with Gasteiger partial charge in [-0.2, -0.15) is 0 Å². The van der Waals surface area contributed by atoms with Crippen LogP contribution >= 0.6 is 10.7 Å². The third-order valence-electron chi connectivity index (χ3n) is 6.56. The van der Waals surface area contributed by atoms with Gasteiger partial charge in [0, 0.05) is 10.7 Å². The van der Waals surface area contributed by atoms with Gasteiger partial charge < -0.3 is 0 Å². The molecule has 0 amide bonds. The van der Waals surface area contributed by atoms with Crippen molar-refractivity contribution in [2.45, 2.75) is 87.6 Å². The minimum atomic E-state index is -3.75. The zero-order valence-corrected chi connectivity index (χ0v) is 24.0. The van der Waals surface area contributed by atoms with Crippen molar-refractivity contribution in [3.8, 4) is 0 Å². The Kier molecular flexibility index (Phi) is 7.45. The monoisotopic (exact) mass is 496 g/mol. The Hall–Kier alpha value is -0.196. The minimum Gasteiger partial charge on any atom is -0.261 e. The molecule has 0 aliphatic rings.